The van der Waals surface area contributed by atoms with E-state index in [2.05, 4.69) is 17.2 Å². The second-order valence-electron chi connectivity index (χ2n) is 4.74. The van der Waals surface area contributed by atoms with Gasteiger partial charge in [-0.1, -0.05) is 24.6 Å². The van der Waals surface area contributed by atoms with Gasteiger partial charge >= 0.3 is 0 Å². The summed E-state index contributed by atoms with van der Waals surface area (Å²) in [5.74, 6) is 1.36. The van der Waals surface area contributed by atoms with Crippen molar-refractivity contribution in [1.82, 2.24) is 10.3 Å². The maximum atomic E-state index is 6.13. The van der Waals surface area contributed by atoms with Crippen molar-refractivity contribution in [3.05, 3.63) is 52.8 Å². The highest BCUT2D eigenvalue weighted by Gasteiger charge is 2.04. The summed E-state index contributed by atoms with van der Waals surface area (Å²) in [5.41, 5.74) is 2.21. The molecule has 2 aromatic rings. The van der Waals surface area contributed by atoms with Crippen LogP contribution in [0.2, 0.25) is 5.02 Å². The van der Waals surface area contributed by atoms with Gasteiger partial charge in [0.1, 0.15) is 11.5 Å². The van der Waals surface area contributed by atoms with Gasteiger partial charge in [-0.3, -0.25) is 4.98 Å². The third-order valence-corrected chi connectivity index (χ3v) is 3.15. The van der Waals surface area contributed by atoms with Crippen LogP contribution in [0, 0.1) is 6.92 Å². The third kappa shape index (κ3) is 4.22. The average Bonchev–Trinajstić information content (AvgIpc) is 2.44. The van der Waals surface area contributed by atoms with Crippen LogP contribution in [0.5, 0.6) is 11.5 Å². The zero-order chi connectivity index (χ0) is 14.4. The number of rotatable bonds is 6. The summed E-state index contributed by atoms with van der Waals surface area (Å²) < 4.78 is 5.81. The van der Waals surface area contributed by atoms with Gasteiger partial charge in [0.2, 0.25) is 0 Å². The summed E-state index contributed by atoms with van der Waals surface area (Å²) in [6.45, 7) is 5.94. The maximum absolute atomic E-state index is 6.13. The quantitative estimate of drug-likeness (QED) is 0.804. The average molecular weight is 291 g/mol. The third-order valence-electron chi connectivity index (χ3n) is 2.84. The number of aryl methyl sites for hydroxylation is 1. The lowest BCUT2D eigenvalue weighted by atomic mass is 10.2. The van der Waals surface area contributed by atoms with Crippen LogP contribution >= 0.6 is 11.6 Å². The molecular weight excluding hydrogens is 272 g/mol. The van der Waals surface area contributed by atoms with Gasteiger partial charge in [-0.15, -0.1) is 0 Å². The van der Waals surface area contributed by atoms with E-state index in [-0.39, 0.29) is 0 Å². The summed E-state index contributed by atoms with van der Waals surface area (Å²) in [7, 11) is 0. The topological polar surface area (TPSA) is 34.2 Å². The second-order valence-corrected chi connectivity index (χ2v) is 5.15. The highest BCUT2D eigenvalue weighted by atomic mass is 35.5. The zero-order valence-electron chi connectivity index (χ0n) is 11.8. The number of ether oxygens (including phenoxy) is 1. The molecule has 0 spiro atoms. The number of hydrogen-bond donors (Lipinski definition) is 1. The van der Waals surface area contributed by atoms with Crippen LogP contribution < -0.4 is 10.1 Å². The summed E-state index contributed by atoms with van der Waals surface area (Å²) >= 11 is 6.13. The van der Waals surface area contributed by atoms with Crippen molar-refractivity contribution in [2.75, 3.05) is 6.54 Å². The van der Waals surface area contributed by atoms with Gasteiger partial charge in [0, 0.05) is 12.7 Å². The lowest BCUT2D eigenvalue weighted by Gasteiger charge is -2.09. The molecule has 3 nitrogen and oxygen atoms in total. The van der Waals surface area contributed by atoms with Gasteiger partial charge in [-0.05, 0) is 49.2 Å². The fourth-order valence-electron chi connectivity index (χ4n) is 1.84. The summed E-state index contributed by atoms with van der Waals surface area (Å²) in [6.07, 6.45) is 4.65. The molecule has 1 N–H and O–H groups in total. The maximum Gasteiger partial charge on any atom is 0.146 e. The van der Waals surface area contributed by atoms with Crippen molar-refractivity contribution < 1.29 is 4.74 Å². The van der Waals surface area contributed by atoms with Gasteiger partial charge in [-0.2, -0.15) is 0 Å². The molecule has 2 rings (SSSR count). The fourth-order valence-corrected chi connectivity index (χ4v) is 2.00. The first-order chi connectivity index (χ1) is 9.69. The standard InChI is InChI=1S/C16H19ClN2O/c1-3-6-18-9-13-8-14(11-19-10-13)20-16-7-12(2)4-5-15(16)17/h4-5,7-8,10-11,18H,3,6,9H2,1-2H3. The predicted octanol–water partition coefficient (Wildman–Crippen LogP) is 4.34. The minimum absolute atomic E-state index is 0.602. The van der Waals surface area contributed by atoms with E-state index in [1.165, 1.54) is 0 Å². The second kappa shape index (κ2) is 7.27. The Hall–Kier alpha value is -1.58. The molecule has 4 heteroatoms. The molecule has 0 unspecified atom stereocenters. The summed E-state index contributed by atoms with van der Waals surface area (Å²) in [6, 6.07) is 7.70. The Balaban J connectivity index is 2.09. The summed E-state index contributed by atoms with van der Waals surface area (Å²) in [4.78, 5) is 4.20. The molecule has 20 heavy (non-hydrogen) atoms. The molecule has 0 radical (unpaired) electrons. The smallest absolute Gasteiger partial charge is 0.146 e. The Labute approximate surface area is 124 Å². The van der Waals surface area contributed by atoms with E-state index in [9.17, 15) is 0 Å². The largest absolute Gasteiger partial charge is 0.454 e. The normalized spacial score (nSPS) is 10.6. The molecule has 0 aliphatic rings. The number of pyridine rings is 1. The predicted molar refractivity (Wildman–Crippen MR) is 82.5 cm³/mol. The van der Waals surface area contributed by atoms with Crippen molar-refractivity contribution in [1.29, 1.82) is 0 Å². The van der Waals surface area contributed by atoms with Crippen molar-refractivity contribution in [3.8, 4) is 11.5 Å². The molecule has 1 aromatic heterocycles. The van der Waals surface area contributed by atoms with Gasteiger partial charge < -0.3 is 10.1 Å². The van der Waals surface area contributed by atoms with Gasteiger partial charge in [0.05, 0.1) is 11.2 Å². The Kier molecular flexibility index (Phi) is 5.39. The lowest BCUT2D eigenvalue weighted by Crippen LogP contribution is -2.13. The minimum Gasteiger partial charge on any atom is -0.454 e. The molecule has 0 saturated carbocycles. The molecule has 0 aliphatic heterocycles. The fraction of sp³-hybridized carbons (Fsp3) is 0.312. The minimum atomic E-state index is 0.602. The first-order valence-corrected chi connectivity index (χ1v) is 7.15. The SMILES string of the molecule is CCCNCc1cncc(Oc2cc(C)ccc2Cl)c1. The number of benzene rings is 1. The van der Waals surface area contributed by atoms with Gasteiger partial charge in [0.25, 0.3) is 0 Å². The Morgan fingerprint density at radius 1 is 1.25 bits per heavy atom. The zero-order valence-corrected chi connectivity index (χ0v) is 12.6. The van der Waals surface area contributed by atoms with E-state index in [1.54, 1.807) is 6.20 Å². The molecular formula is C16H19ClN2O. The molecule has 0 bridgehead atoms. The van der Waals surface area contributed by atoms with E-state index in [0.717, 1.165) is 30.6 Å². The summed E-state index contributed by atoms with van der Waals surface area (Å²) in [5, 5.41) is 3.94. The van der Waals surface area contributed by atoms with Crippen LogP contribution in [0.15, 0.2) is 36.7 Å². The van der Waals surface area contributed by atoms with Crippen LogP contribution in [0.25, 0.3) is 0 Å². The number of halogens is 1. The number of nitrogens with zero attached hydrogens (tertiary/aromatic N) is 1. The van der Waals surface area contributed by atoms with Crippen LogP contribution in [-0.4, -0.2) is 11.5 Å². The number of aromatic nitrogens is 1. The van der Waals surface area contributed by atoms with Gasteiger partial charge in [-0.25, -0.2) is 0 Å². The molecule has 0 fully saturated rings. The first-order valence-electron chi connectivity index (χ1n) is 6.77. The monoisotopic (exact) mass is 290 g/mol. The molecule has 0 aliphatic carbocycles. The number of hydrogen-bond acceptors (Lipinski definition) is 3. The van der Waals surface area contributed by atoms with Crippen LogP contribution in [-0.2, 0) is 6.54 Å². The van der Waals surface area contributed by atoms with Crippen LogP contribution in [0.1, 0.15) is 24.5 Å². The molecule has 1 aromatic carbocycles. The number of nitrogens with one attached hydrogen (secondary N) is 1. The van der Waals surface area contributed by atoms with Gasteiger partial charge in [0.15, 0.2) is 0 Å². The molecule has 106 valence electrons. The van der Waals surface area contributed by atoms with E-state index in [0.29, 0.717) is 16.5 Å². The molecule has 0 amide bonds. The Morgan fingerprint density at radius 2 is 2.10 bits per heavy atom. The molecule has 0 atom stereocenters. The van der Waals surface area contributed by atoms with E-state index in [4.69, 9.17) is 16.3 Å². The molecule has 1 heterocycles. The highest BCUT2D eigenvalue weighted by Crippen LogP contribution is 2.30. The van der Waals surface area contributed by atoms with E-state index < -0.39 is 0 Å². The molecule has 0 saturated heterocycles. The van der Waals surface area contributed by atoms with E-state index >= 15 is 0 Å². The van der Waals surface area contributed by atoms with Crippen molar-refractivity contribution in [3.63, 3.8) is 0 Å². The van der Waals surface area contributed by atoms with Crippen molar-refractivity contribution >= 4 is 11.6 Å². The van der Waals surface area contributed by atoms with E-state index in [1.807, 2.05) is 37.4 Å². The lowest BCUT2D eigenvalue weighted by molar-refractivity contribution is 0.478. The first kappa shape index (κ1) is 14.8. The van der Waals surface area contributed by atoms with Crippen molar-refractivity contribution in [2.45, 2.75) is 26.8 Å². The van der Waals surface area contributed by atoms with Crippen molar-refractivity contribution in [2.24, 2.45) is 0 Å². The Morgan fingerprint density at radius 3 is 2.90 bits per heavy atom. The van der Waals surface area contributed by atoms with Crippen LogP contribution in [0.4, 0.5) is 0 Å². The highest BCUT2D eigenvalue weighted by molar-refractivity contribution is 6.32. The Bertz CT molecular complexity index is 572. The van der Waals surface area contributed by atoms with Crippen LogP contribution in [0.3, 0.4) is 0 Å².